The van der Waals surface area contributed by atoms with Crippen molar-refractivity contribution in [2.45, 2.75) is 25.2 Å². The molecule has 384 valence electrons. The second-order valence-corrected chi connectivity index (χ2v) is 16.8. The van der Waals surface area contributed by atoms with Crippen molar-refractivity contribution in [3.8, 4) is 34.4 Å². The van der Waals surface area contributed by atoms with Gasteiger partial charge in [0.15, 0.2) is 11.2 Å². The van der Waals surface area contributed by atoms with E-state index in [1.165, 1.54) is 17.7 Å². The molecule has 10 rings (SSSR count). The summed E-state index contributed by atoms with van der Waals surface area (Å²) >= 11 is 16.2. The van der Waals surface area contributed by atoms with Crippen LogP contribution in [0, 0.1) is 0 Å². The van der Waals surface area contributed by atoms with E-state index < -0.39 is 19.1 Å². The number of aromatic nitrogens is 2. The summed E-state index contributed by atoms with van der Waals surface area (Å²) in [4.78, 5) is 43.7. The number of aromatic carboxylic acids is 1. The van der Waals surface area contributed by atoms with Gasteiger partial charge in [-0.3, -0.25) is 9.18 Å². The molecule has 0 atom stereocenters. The number of fused-ring (bicyclic) bond motifs is 2. The molecule has 0 aliphatic carbocycles. The number of oxazole rings is 2. The van der Waals surface area contributed by atoms with Gasteiger partial charge < -0.3 is 39.7 Å². The van der Waals surface area contributed by atoms with Crippen LogP contribution in [0.25, 0.3) is 45.1 Å². The van der Waals surface area contributed by atoms with Crippen molar-refractivity contribution in [3.63, 3.8) is 0 Å². The Morgan fingerprint density at radius 3 is 1.36 bits per heavy atom. The maximum Gasteiger partial charge on any atom is 1.00 e. The van der Waals surface area contributed by atoms with Crippen molar-refractivity contribution in [2.75, 3.05) is 7.15 Å². The molecule has 0 radical (unpaired) electrons. The zero-order valence-electron chi connectivity index (χ0n) is 43.5. The SMILES string of the molecule is BrCc1ccccc1.O=C(O)c1ccc2nc(-c3ccc(OCc4ccccc4)cc3Cl)oc2c1.O=C(OCc1ccccc1)c1ccc2nc(-c3ccc(OCc4ccccc4)cc3Cl)oc2c1.O=CO[O-].[2H]CF.[H-].[K+].[K+]. The van der Waals surface area contributed by atoms with Crippen LogP contribution in [0.4, 0.5) is 4.39 Å². The zero-order valence-corrected chi connectivity index (χ0v) is 50.9. The molecule has 0 spiro atoms. The summed E-state index contributed by atoms with van der Waals surface area (Å²) in [6, 6.07) is 59.7. The summed E-state index contributed by atoms with van der Waals surface area (Å²) in [6.45, 7) is 0.910. The number of esters is 1. The van der Waals surface area contributed by atoms with Crippen molar-refractivity contribution in [2.24, 2.45) is 0 Å². The van der Waals surface area contributed by atoms with Crippen LogP contribution >= 0.6 is 39.1 Å². The van der Waals surface area contributed by atoms with Crippen LogP contribution in [0.15, 0.2) is 203 Å². The Morgan fingerprint density at radius 1 is 0.623 bits per heavy atom. The first-order valence-corrected chi connectivity index (χ1v) is 24.3. The molecule has 0 aliphatic rings. The van der Waals surface area contributed by atoms with E-state index in [4.69, 9.17) is 62.8 Å². The minimum atomic E-state index is -1.02. The van der Waals surface area contributed by atoms with Crippen LogP contribution in [-0.2, 0) is 39.6 Å². The van der Waals surface area contributed by atoms with Crippen LogP contribution in [0.1, 0.15) is 45.8 Å². The normalized spacial score (nSPS) is 10.1. The molecule has 2 aromatic heterocycles. The van der Waals surface area contributed by atoms with E-state index in [-0.39, 0.29) is 123 Å². The molecule has 2 heterocycles. The second kappa shape index (κ2) is 34.7. The predicted molar refractivity (Wildman–Crippen MR) is 287 cm³/mol. The summed E-state index contributed by atoms with van der Waals surface area (Å²) in [5.41, 5.74) is 8.21. The third-order valence-electron chi connectivity index (χ3n) is 10.3. The Kier molecular flexibility index (Phi) is 28.3. The smallest absolute Gasteiger partial charge is 1.00 e. The first-order chi connectivity index (χ1) is 37.0. The van der Waals surface area contributed by atoms with Crippen LogP contribution < -0.4 is 118 Å². The van der Waals surface area contributed by atoms with Gasteiger partial charge >= 0.3 is 115 Å². The van der Waals surface area contributed by atoms with E-state index in [1.54, 1.807) is 48.5 Å². The van der Waals surface area contributed by atoms with Crippen molar-refractivity contribution in [1.29, 1.82) is 0 Å². The number of rotatable bonds is 14. The third kappa shape index (κ3) is 20.3. The zero-order chi connectivity index (χ0) is 54.1. The van der Waals surface area contributed by atoms with E-state index in [2.05, 4.69) is 42.9 Å². The number of nitrogens with zero attached hydrogens (tertiary/aromatic N) is 2. The molecule has 10 aromatic rings. The summed E-state index contributed by atoms with van der Waals surface area (Å²) in [5.74, 6) is 0.528. The molecule has 0 saturated heterocycles. The molecule has 0 saturated carbocycles. The molecular weight excluding hydrogens is 1150 g/mol. The number of alkyl halides is 2. The molecule has 0 fully saturated rings. The number of carbonyl (C=O) groups excluding carboxylic acids is 2. The van der Waals surface area contributed by atoms with E-state index in [0.717, 1.165) is 22.0 Å². The first kappa shape index (κ1) is 62.8. The Morgan fingerprint density at radius 2 is 1.00 bits per heavy atom. The quantitative estimate of drug-likeness (QED) is 0.0275. The van der Waals surface area contributed by atoms with Crippen molar-refractivity contribution >= 4 is 79.7 Å². The summed E-state index contributed by atoms with van der Waals surface area (Å²) in [7, 11) is -1.00. The number of ether oxygens (including phenoxy) is 3. The van der Waals surface area contributed by atoms with Gasteiger partial charge in [-0.05, 0) is 95.1 Å². The van der Waals surface area contributed by atoms with E-state index in [0.29, 0.717) is 85.4 Å². The first-order valence-electron chi connectivity index (χ1n) is 23.1. The van der Waals surface area contributed by atoms with Crippen LogP contribution in [0.2, 0.25) is 10.0 Å². The number of carbonyl (C=O) groups is 3. The van der Waals surface area contributed by atoms with E-state index >= 15 is 0 Å². The Bertz CT molecular complexity index is 3430. The third-order valence-corrected chi connectivity index (χ3v) is 11.6. The second-order valence-electron chi connectivity index (χ2n) is 15.4. The van der Waals surface area contributed by atoms with Gasteiger partial charge in [0.2, 0.25) is 11.8 Å². The van der Waals surface area contributed by atoms with E-state index in [1.807, 2.05) is 121 Å². The van der Waals surface area contributed by atoms with Crippen LogP contribution in [0.5, 0.6) is 11.5 Å². The molecular formula is C58H46BrCl2FK2N2O11. The topological polar surface area (TPSA) is 183 Å². The molecule has 1 N–H and O–H groups in total. The molecule has 19 heteroatoms. The average molecular weight is 1200 g/mol. The number of halogens is 4. The Balaban J connectivity index is 0.000000324. The van der Waals surface area contributed by atoms with Gasteiger partial charge in [-0.1, -0.05) is 160 Å². The number of carboxylic acid groups (broad SMARTS) is 1. The van der Waals surface area contributed by atoms with Gasteiger partial charge in [-0.2, -0.15) is 0 Å². The fourth-order valence-electron chi connectivity index (χ4n) is 6.71. The largest absolute Gasteiger partial charge is 1.00 e. The molecule has 13 nitrogen and oxygen atoms in total. The molecule has 0 bridgehead atoms. The van der Waals surface area contributed by atoms with Crippen molar-refractivity contribution in [1.82, 2.24) is 9.97 Å². The molecule has 0 unspecified atom stereocenters. The number of hydrogen-bond acceptors (Lipinski definition) is 12. The molecule has 77 heavy (non-hydrogen) atoms. The monoisotopic (exact) mass is 1190 g/mol. The fraction of sp³-hybridized carbons (Fsp3) is 0.0862. The summed E-state index contributed by atoms with van der Waals surface area (Å²) in [5, 5.41) is 19.4. The fourth-order valence-corrected chi connectivity index (χ4v) is 7.59. The predicted octanol–water partition coefficient (Wildman–Crippen LogP) is 8.23. The Labute approximate surface area is 549 Å². The standard InChI is InChI=1S/C28H20ClNO4.C21H14ClNO4.C7H7Br.CH3F.CH2O3.2K.H/c29-24-16-22(32-17-19-7-3-1-4-8-19)12-13-23(24)27-30-25-14-11-21(15-26(25)34-27)28(31)33-18-20-9-5-2-6-10-20;22-17-11-15(26-12-13-4-2-1-3-5-13)7-8-16(17)20-23-18-9-6-14(21(24)25)10-19(18)27-20;8-6-7-4-2-1-3-5-7;1-2;2-1-4-3;;;/h1-16H,17-18H2;1-11H,12H2,(H,24,25);1-5H,6H2;1H3;1,3H;;;/q;;;;;2*+1;-1/p-1/i;;;1D;;;;. The summed E-state index contributed by atoms with van der Waals surface area (Å²) < 4.78 is 44.1. The number of hydrogen-bond donors (Lipinski definition) is 1. The minimum absolute atomic E-state index is 0. The molecule has 0 amide bonds. The van der Waals surface area contributed by atoms with Gasteiger partial charge in [0.25, 0.3) is 6.47 Å². The maximum absolute atomic E-state index is 12.5. The van der Waals surface area contributed by atoms with Gasteiger partial charge in [0, 0.05) is 5.33 Å². The number of carboxylic acids is 1. The molecule has 8 aromatic carbocycles. The van der Waals surface area contributed by atoms with Crippen LogP contribution in [-0.4, -0.2) is 40.6 Å². The number of benzene rings is 8. The average Bonchev–Trinajstić information content (AvgIpc) is 4.09. The van der Waals surface area contributed by atoms with Crippen molar-refractivity contribution < 1.29 is 163 Å². The van der Waals surface area contributed by atoms with Gasteiger partial charge in [-0.25, -0.2) is 19.6 Å². The van der Waals surface area contributed by atoms with Gasteiger partial charge in [0.05, 0.1) is 40.8 Å². The van der Waals surface area contributed by atoms with Gasteiger partial charge in [0.1, 0.15) is 42.4 Å². The van der Waals surface area contributed by atoms with Crippen molar-refractivity contribution in [3.05, 3.63) is 238 Å². The minimum Gasteiger partial charge on any atom is -1.00 e. The maximum atomic E-state index is 12.5. The Hall–Kier alpha value is -5.07. The van der Waals surface area contributed by atoms with Gasteiger partial charge in [-0.15, -0.1) is 0 Å². The molecule has 0 aliphatic heterocycles. The summed E-state index contributed by atoms with van der Waals surface area (Å²) in [6.07, 6.45) is 0. The van der Waals surface area contributed by atoms with Crippen LogP contribution in [0.3, 0.4) is 0 Å². The van der Waals surface area contributed by atoms with E-state index in [9.17, 15) is 14.0 Å².